The minimum atomic E-state index is 0.423. The molecule has 0 aromatic carbocycles. The summed E-state index contributed by atoms with van der Waals surface area (Å²) in [4.78, 5) is 10.1. The summed E-state index contributed by atoms with van der Waals surface area (Å²) < 4.78 is 5.88. The van der Waals surface area contributed by atoms with Crippen LogP contribution in [0, 0.1) is 6.92 Å². The van der Waals surface area contributed by atoms with Crippen LogP contribution in [-0.4, -0.2) is 35.3 Å². The number of anilines is 1. The molecule has 2 atom stereocenters. The first-order valence-electron chi connectivity index (χ1n) is 6.64. The van der Waals surface area contributed by atoms with Crippen LogP contribution in [0.25, 0.3) is 11.0 Å². The molecule has 4 heteroatoms. The van der Waals surface area contributed by atoms with Crippen LogP contribution in [0.2, 0.25) is 0 Å². The molecule has 2 fully saturated rings. The molecular weight excluding hydrogens is 226 g/mol. The average molecular weight is 243 g/mol. The molecule has 4 rings (SSSR count). The molecule has 0 saturated carbocycles. The van der Waals surface area contributed by atoms with Gasteiger partial charge in [0, 0.05) is 24.7 Å². The molecule has 0 radical (unpaired) electrons. The molecule has 2 bridgehead atoms. The van der Waals surface area contributed by atoms with Crippen molar-refractivity contribution in [3.63, 3.8) is 0 Å². The molecule has 4 heterocycles. The number of aromatic nitrogens is 2. The lowest BCUT2D eigenvalue weighted by atomic mass is 10.2. The van der Waals surface area contributed by atoms with Gasteiger partial charge in [-0.25, -0.2) is 4.98 Å². The summed E-state index contributed by atoms with van der Waals surface area (Å²) in [6.45, 7) is 4.13. The Balaban J connectivity index is 1.71. The molecular formula is C14H17N3O. The van der Waals surface area contributed by atoms with Gasteiger partial charge in [0.1, 0.15) is 5.65 Å². The second kappa shape index (κ2) is 3.72. The first-order valence-corrected chi connectivity index (χ1v) is 6.64. The third-order valence-electron chi connectivity index (χ3n) is 4.13. The van der Waals surface area contributed by atoms with Crippen molar-refractivity contribution >= 4 is 16.7 Å². The van der Waals surface area contributed by atoms with Crippen molar-refractivity contribution in [1.29, 1.82) is 0 Å². The van der Waals surface area contributed by atoms with E-state index in [4.69, 9.17) is 4.74 Å². The zero-order valence-corrected chi connectivity index (χ0v) is 10.5. The third kappa shape index (κ3) is 1.52. The van der Waals surface area contributed by atoms with Crippen LogP contribution in [0.5, 0.6) is 0 Å². The standard InChI is InChI=1S/C14H17N3O/c1-9-5-15-14-13(9)4-10(6-16-14)17-7-11-2-3-12(8-17)18-11/h4-6,11-12H,2-3,7-8H2,1H3,(H,15,16). The fraction of sp³-hybridized carbons (Fsp3) is 0.500. The number of nitrogens with zero attached hydrogens (tertiary/aromatic N) is 2. The van der Waals surface area contributed by atoms with Gasteiger partial charge in [-0.2, -0.15) is 0 Å². The van der Waals surface area contributed by atoms with Crippen LogP contribution >= 0.6 is 0 Å². The molecule has 18 heavy (non-hydrogen) atoms. The van der Waals surface area contributed by atoms with Crippen LogP contribution in [-0.2, 0) is 4.74 Å². The SMILES string of the molecule is Cc1c[nH]c2ncc(N3CC4CCC(C3)O4)cc12. The van der Waals surface area contributed by atoms with E-state index >= 15 is 0 Å². The molecule has 2 aliphatic heterocycles. The Kier molecular flexibility index (Phi) is 2.14. The van der Waals surface area contributed by atoms with Gasteiger partial charge in [0.2, 0.25) is 0 Å². The highest BCUT2D eigenvalue weighted by molar-refractivity contribution is 5.82. The Morgan fingerprint density at radius 3 is 2.89 bits per heavy atom. The number of fused-ring (bicyclic) bond motifs is 3. The highest BCUT2D eigenvalue weighted by atomic mass is 16.5. The maximum atomic E-state index is 5.88. The second-order valence-electron chi connectivity index (χ2n) is 5.42. The smallest absolute Gasteiger partial charge is 0.137 e. The van der Waals surface area contributed by atoms with Crippen LogP contribution in [0.15, 0.2) is 18.5 Å². The van der Waals surface area contributed by atoms with E-state index in [9.17, 15) is 0 Å². The zero-order valence-electron chi connectivity index (χ0n) is 10.5. The van der Waals surface area contributed by atoms with E-state index in [1.165, 1.54) is 29.5 Å². The Hall–Kier alpha value is -1.55. The van der Waals surface area contributed by atoms with Gasteiger partial charge in [0.25, 0.3) is 0 Å². The molecule has 2 saturated heterocycles. The summed E-state index contributed by atoms with van der Waals surface area (Å²) in [6.07, 6.45) is 7.26. The highest BCUT2D eigenvalue weighted by Gasteiger charge is 2.33. The van der Waals surface area contributed by atoms with Gasteiger partial charge in [-0.1, -0.05) is 0 Å². The number of ether oxygens (including phenoxy) is 1. The molecule has 1 N–H and O–H groups in total. The van der Waals surface area contributed by atoms with Gasteiger partial charge in [-0.15, -0.1) is 0 Å². The Bertz CT molecular complexity index is 580. The summed E-state index contributed by atoms with van der Waals surface area (Å²) in [5.74, 6) is 0. The first kappa shape index (κ1) is 10.4. The number of H-pyrrole nitrogens is 1. The van der Waals surface area contributed by atoms with Crippen LogP contribution < -0.4 is 4.90 Å². The Labute approximate surface area is 106 Å². The molecule has 2 aromatic heterocycles. The van der Waals surface area contributed by atoms with Crippen molar-refractivity contribution in [2.24, 2.45) is 0 Å². The third-order valence-corrected chi connectivity index (χ3v) is 4.13. The van der Waals surface area contributed by atoms with Crippen LogP contribution in [0.1, 0.15) is 18.4 Å². The monoisotopic (exact) mass is 243 g/mol. The fourth-order valence-corrected chi connectivity index (χ4v) is 3.12. The largest absolute Gasteiger partial charge is 0.371 e. The van der Waals surface area contributed by atoms with Crippen LogP contribution in [0.4, 0.5) is 5.69 Å². The minimum Gasteiger partial charge on any atom is -0.371 e. The van der Waals surface area contributed by atoms with Crippen molar-refractivity contribution < 1.29 is 4.74 Å². The molecule has 94 valence electrons. The number of morpholine rings is 1. The molecule has 4 nitrogen and oxygen atoms in total. The minimum absolute atomic E-state index is 0.423. The quantitative estimate of drug-likeness (QED) is 0.835. The summed E-state index contributed by atoms with van der Waals surface area (Å²) in [5.41, 5.74) is 3.47. The molecule has 2 aliphatic rings. The van der Waals surface area contributed by atoms with Gasteiger partial charge in [-0.05, 0) is 31.4 Å². The Morgan fingerprint density at radius 1 is 1.33 bits per heavy atom. The van der Waals surface area contributed by atoms with Crippen LogP contribution in [0.3, 0.4) is 0 Å². The lowest BCUT2D eigenvalue weighted by Gasteiger charge is -2.33. The van der Waals surface area contributed by atoms with Gasteiger partial charge >= 0.3 is 0 Å². The predicted octanol–water partition coefficient (Wildman–Crippen LogP) is 2.24. The number of rotatable bonds is 1. The molecule has 2 aromatic rings. The first-order chi connectivity index (χ1) is 8.79. The number of hydrogen-bond acceptors (Lipinski definition) is 3. The van der Waals surface area contributed by atoms with E-state index < -0.39 is 0 Å². The summed E-state index contributed by atoms with van der Waals surface area (Å²) >= 11 is 0. The molecule has 0 amide bonds. The average Bonchev–Trinajstić information content (AvgIpc) is 2.93. The maximum absolute atomic E-state index is 5.88. The highest BCUT2D eigenvalue weighted by Crippen LogP contribution is 2.30. The summed E-state index contributed by atoms with van der Waals surface area (Å²) in [5, 5.41) is 1.23. The van der Waals surface area contributed by atoms with E-state index in [0.717, 1.165) is 18.7 Å². The summed E-state index contributed by atoms with van der Waals surface area (Å²) in [7, 11) is 0. The summed E-state index contributed by atoms with van der Waals surface area (Å²) in [6, 6.07) is 2.25. The van der Waals surface area contributed by atoms with Crippen molar-refractivity contribution in [3.05, 3.63) is 24.0 Å². The lowest BCUT2D eigenvalue weighted by Crippen LogP contribution is -2.42. The maximum Gasteiger partial charge on any atom is 0.137 e. The topological polar surface area (TPSA) is 41.2 Å². The fourth-order valence-electron chi connectivity index (χ4n) is 3.12. The number of hydrogen-bond donors (Lipinski definition) is 1. The molecule has 0 aliphatic carbocycles. The van der Waals surface area contributed by atoms with Gasteiger partial charge in [0.15, 0.2) is 0 Å². The van der Waals surface area contributed by atoms with E-state index in [1.807, 2.05) is 12.4 Å². The van der Waals surface area contributed by atoms with E-state index in [1.54, 1.807) is 0 Å². The predicted molar refractivity (Wildman–Crippen MR) is 70.9 cm³/mol. The van der Waals surface area contributed by atoms with Crippen molar-refractivity contribution in [2.75, 3.05) is 18.0 Å². The normalized spacial score (nSPS) is 27.1. The zero-order chi connectivity index (χ0) is 12.1. The second-order valence-corrected chi connectivity index (χ2v) is 5.42. The lowest BCUT2D eigenvalue weighted by molar-refractivity contribution is 0.0305. The van der Waals surface area contributed by atoms with E-state index in [2.05, 4.69) is 27.9 Å². The molecule has 2 unspecified atom stereocenters. The number of aromatic amines is 1. The Morgan fingerprint density at radius 2 is 2.11 bits per heavy atom. The van der Waals surface area contributed by atoms with Gasteiger partial charge in [0.05, 0.1) is 24.1 Å². The van der Waals surface area contributed by atoms with Crippen molar-refractivity contribution in [3.8, 4) is 0 Å². The van der Waals surface area contributed by atoms with Gasteiger partial charge < -0.3 is 14.6 Å². The van der Waals surface area contributed by atoms with Gasteiger partial charge in [-0.3, -0.25) is 0 Å². The van der Waals surface area contributed by atoms with E-state index in [0.29, 0.717) is 12.2 Å². The van der Waals surface area contributed by atoms with E-state index in [-0.39, 0.29) is 0 Å². The molecule has 0 spiro atoms. The number of aryl methyl sites for hydroxylation is 1. The number of nitrogens with one attached hydrogen (secondary N) is 1. The van der Waals surface area contributed by atoms with Crippen molar-refractivity contribution in [2.45, 2.75) is 32.0 Å². The number of pyridine rings is 1. The van der Waals surface area contributed by atoms with Crippen molar-refractivity contribution in [1.82, 2.24) is 9.97 Å².